The Balaban J connectivity index is 2.13. The lowest BCUT2D eigenvalue weighted by Crippen LogP contribution is -2.36. The first-order valence-corrected chi connectivity index (χ1v) is 4.11. The van der Waals surface area contributed by atoms with Crippen molar-refractivity contribution in [2.24, 2.45) is 7.05 Å². The molecule has 12 heavy (non-hydrogen) atoms. The number of likely N-dealkylation sites (tertiary alicyclic amines) is 1. The van der Waals surface area contributed by atoms with Gasteiger partial charge in [-0.3, -0.25) is 4.90 Å². The van der Waals surface area contributed by atoms with Crippen LogP contribution in [0.15, 0.2) is 18.0 Å². The zero-order valence-electron chi connectivity index (χ0n) is 7.49. The van der Waals surface area contributed by atoms with Gasteiger partial charge >= 0.3 is 0 Å². The van der Waals surface area contributed by atoms with Gasteiger partial charge in [-0.2, -0.15) is 0 Å². The van der Waals surface area contributed by atoms with Crippen LogP contribution in [0.4, 0.5) is 0 Å². The molecule has 0 saturated carbocycles. The van der Waals surface area contributed by atoms with Crippen molar-refractivity contribution in [3.63, 3.8) is 0 Å². The number of nitrogens with zero attached hydrogens (tertiary/aromatic N) is 3. The van der Waals surface area contributed by atoms with Gasteiger partial charge in [-0.1, -0.05) is 0 Å². The van der Waals surface area contributed by atoms with Crippen molar-refractivity contribution in [1.29, 1.82) is 0 Å². The lowest BCUT2D eigenvalue weighted by Gasteiger charge is -2.29. The van der Waals surface area contributed by atoms with Crippen molar-refractivity contribution in [1.82, 2.24) is 14.5 Å². The van der Waals surface area contributed by atoms with Crippen LogP contribution >= 0.6 is 0 Å². The summed E-state index contributed by atoms with van der Waals surface area (Å²) in [5.41, 5.74) is 1.46. The van der Waals surface area contributed by atoms with E-state index in [-0.39, 0.29) is 0 Å². The molecule has 3 heteroatoms. The molecule has 0 N–H and O–H groups in total. The number of aromatic nitrogens is 2. The third-order valence-corrected chi connectivity index (χ3v) is 2.14. The molecule has 1 aromatic rings. The predicted octanol–water partition coefficient (Wildman–Crippen LogP) is 0.749. The van der Waals surface area contributed by atoms with Crippen LogP contribution in [0.2, 0.25) is 0 Å². The maximum atomic E-state index is 4.23. The second-order valence-electron chi connectivity index (χ2n) is 3.37. The van der Waals surface area contributed by atoms with Gasteiger partial charge in [0, 0.05) is 32.5 Å². The molecule has 0 unspecified atom stereocenters. The Kier molecular flexibility index (Phi) is 1.73. The fourth-order valence-electron chi connectivity index (χ4n) is 1.44. The SMILES string of the molecule is CN1CC(=Cc2nccn2C)C1. The van der Waals surface area contributed by atoms with Crippen molar-refractivity contribution in [3.8, 4) is 0 Å². The van der Waals surface area contributed by atoms with E-state index >= 15 is 0 Å². The van der Waals surface area contributed by atoms with Crippen LogP contribution in [0, 0.1) is 0 Å². The van der Waals surface area contributed by atoms with Crippen LogP contribution in [0.3, 0.4) is 0 Å². The van der Waals surface area contributed by atoms with Crippen LogP contribution in [0.5, 0.6) is 0 Å². The number of rotatable bonds is 1. The third kappa shape index (κ3) is 1.28. The Hall–Kier alpha value is -1.09. The quantitative estimate of drug-likeness (QED) is 0.609. The summed E-state index contributed by atoms with van der Waals surface area (Å²) in [7, 11) is 4.14. The summed E-state index contributed by atoms with van der Waals surface area (Å²) in [6.07, 6.45) is 5.96. The van der Waals surface area contributed by atoms with E-state index in [0.29, 0.717) is 0 Å². The zero-order chi connectivity index (χ0) is 8.55. The van der Waals surface area contributed by atoms with E-state index in [1.807, 2.05) is 24.0 Å². The van der Waals surface area contributed by atoms with Gasteiger partial charge in [0.15, 0.2) is 0 Å². The van der Waals surface area contributed by atoms with Crippen LogP contribution in [0.1, 0.15) is 5.82 Å². The maximum absolute atomic E-state index is 4.23. The minimum atomic E-state index is 1.05. The molecular weight excluding hydrogens is 150 g/mol. The maximum Gasteiger partial charge on any atom is 0.132 e. The molecule has 0 spiro atoms. The predicted molar refractivity (Wildman–Crippen MR) is 48.7 cm³/mol. The summed E-state index contributed by atoms with van der Waals surface area (Å²) in [5, 5.41) is 0. The number of imidazole rings is 1. The second-order valence-corrected chi connectivity index (χ2v) is 3.37. The van der Waals surface area contributed by atoms with Crippen LogP contribution in [-0.4, -0.2) is 34.6 Å². The number of hydrogen-bond donors (Lipinski definition) is 0. The summed E-state index contributed by atoms with van der Waals surface area (Å²) in [6, 6.07) is 0. The fourth-order valence-corrected chi connectivity index (χ4v) is 1.44. The average Bonchev–Trinajstić information content (AvgIpc) is 2.33. The van der Waals surface area contributed by atoms with E-state index in [9.17, 15) is 0 Å². The lowest BCUT2D eigenvalue weighted by molar-refractivity contribution is 0.312. The molecule has 0 amide bonds. The molecule has 0 aromatic carbocycles. The van der Waals surface area contributed by atoms with Gasteiger partial charge < -0.3 is 4.57 Å². The number of aryl methyl sites for hydroxylation is 1. The molecule has 1 aromatic heterocycles. The standard InChI is InChI=1S/C9H13N3/c1-11-6-8(7-11)5-9-10-3-4-12(9)2/h3-5H,6-7H2,1-2H3. The minimum absolute atomic E-state index is 1.05. The van der Waals surface area contributed by atoms with Gasteiger partial charge in [-0.15, -0.1) is 0 Å². The topological polar surface area (TPSA) is 21.1 Å². The van der Waals surface area contributed by atoms with Gasteiger partial charge in [-0.05, 0) is 18.7 Å². The molecule has 0 aliphatic carbocycles. The molecule has 0 bridgehead atoms. The van der Waals surface area contributed by atoms with Crippen LogP contribution in [0.25, 0.3) is 6.08 Å². The van der Waals surface area contributed by atoms with Crippen molar-refractivity contribution in [2.75, 3.05) is 20.1 Å². The molecule has 1 saturated heterocycles. The Morgan fingerprint density at radius 1 is 1.42 bits per heavy atom. The molecule has 2 rings (SSSR count). The van der Waals surface area contributed by atoms with Gasteiger partial charge in [0.25, 0.3) is 0 Å². The summed E-state index contributed by atoms with van der Waals surface area (Å²) < 4.78 is 2.03. The Morgan fingerprint density at radius 3 is 2.67 bits per heavy atom. The van der Waals surface area contributed by atoms with E-state index in [0.717, 1.165) is 18.9 Å². The Morgan fingerprint density at radius 2 is 2.17 bits per heavy atom. The minimum Gasteiger partial charge on any atom is -0.335 e. The zero-order valence-corrected chi connectivity index (χ0v) is 7.49. The van der Waals surface area contributed by atoms with Crippen LogP contribution in [-0.2, 0) is 7.05 Å². The average molecular weight is 163 g/mol. The molecule has 1 fully saturated rings. The highest BCUT2D eigenvalue weighted by molar-refractivity contribution is 5.48. The van der Waals surface area contributed by atoms with E-state index in [1.165, 1.54) is 5.57 Å². The smallest absolute Gasteiger partial charge is 0.132 e. The van der Waals surface area contributed by atoms with Crippen molar-refractivity contribution < 1.29 is 0 Å². The van der Waals surface area contributed by atoms with E-state index < -0.39 is 0 Å². The molecule has 64 valence electrons. The van der Waals surface area contributed by atoms with Gasteiger partial charge in [0.05, 0.1) is 0 Å². The summed E-state index contributed by atoms with van der Waals surface area (Å²) >= 11 is 0. The highest BCUT2D eigenvalue weighted by Crippen LogP contribution is 2.14. The highest BCUT2D eigenvalue weighted by Gasteiger charge is 2.15. The van der Waals surface area contributed by atoms with Gasteiger partial charge in [-0.25, -0.2) is 4.98 Å². The van der Waals surface area contributed by atoms with Crippen molar-refractivity contribution in [3.05, 3.63) is 23.8 Å². The van der Waals surface area contributed by atoms with E-state index in [4.69, 9.17) is 0 Å². The molecular formula is C9H13N3. The first-order chi connectivity index (χ1) is 5.75. The molecule has 1 aliphatic heterocycles. The lowest BCUT2D eigenvalue weighted by atomic mass is 10.1. The fraction of sp³-hybridized carbons (Fsp3) is 0.444. The first-order valence-electron chi connectivity index (χ1n) is 4.11. The monoisotopic (exact) mass is 163 g/mol. The van der Waals surface area contributed by atoms with Crippen molar-refractivity contribution >= 4 is 6.08 Å². The van der Waals surface area contributed by atoms with Gasteiger partial charge in [0.2, 0.25) is 0 Å². The molecule has 2 heterocycles. The Labute approximate surface area is 72.3 Å². The third-order valence-electron chi connectivity index (χ3n) is 2.14. The highest BCUT2D eigenvalue weighted by atomic mass is 15.1. The number of likely N-dealkylation sites (N-methyl/N-ethyl adjacent to an activating group) is 1. The molecule has 0 atom stereocenters. The molecule has 0 radical (unpaired) electrons. The second kappa shape index (κ2) is 2.75. The van der Waals surface area contributed by atoms with Crippen molar-refractivity contribution in [2.45, 2.75) is 0 Å². The van der Waals surface area contributed by atoms with Gasteiger partial charge in [0.1, 0.15) is 5.82 Å². The summed E-state index contributed by atoms with van der Waals surface area (Å²) in [5.74, 6) is 1.05. The molecule has 1 aliphatic rings. The van der Waals surface area contributed by atoms with E-state index in [1.54, 1.807) is 0 Å². The first kappa shape index (κ1) is 7.55. The molecule has 3 nitrogen and oxygen atoms in total. The normalized spacial score (nSPS) is 17.7. The Bertz CT molecular complexity index is 303. The van der Waals surface area contributed by atoms with E-state index in [2.05, 4.69) is 23.0 Å². The summed E-state index contributed by atoms with van der Waals surface area (Å²) in [6.45, 7) is 2.18. The largest absolute Gasteiger partial charge is 0.335 e. The summed E-state index contributed by atoms with van der Waals surface area (Å²) in [4.78, 5) is 6.50. The number of hydrogen-bond acceptors (Lipinski definition) is 2. The van der Waals surface area contributed by atoms with Crippen LogP contribution < -0.4 is 0 Å².